The van der Waals surface area contributed by atoms with Crippen molar-refractivity contribution in [2.24, 2.45) is 5.92 Å². The molecule has 1 amide bonds. The number of aliphatic hydroxyl groups is 1. The summed E-state index contributed by atoms with van der Waals surface area (Å²) in [5, 5.41) is 9.96. The minimum absolute atomic E-state index is 0.177. The molecule has 0 aromatic heterocycles. The zero-order chi connectivity index (χ0) is 13.7. The summed E-state index contributed by atoms with van der Waals surface area (Å²) >= 11 is 0. The molecule has 0 aromatic carbocycles. The van der Waals surface area contributed by atoms with Crippen LogP contribution in [-0.4, -0.2) is 73.4 Å². The van der Waals surface area contributed by atoms with E-state index in [0.29, 0.717) is 38.8 Å². The Morgan fingerprint density at radius 2 is 2.00 bits per heavy atom. The molecule has 1 saturated heterocycles. The van der Waals surface area contributed by atoms with Gasteiger partial charge in [0.15, 0.2) is 0 Å². The van der Waals surface area contributed by atoms with E-state index in [2.05, 4.69) is 4.90 Å². The molecule has 1 heterocycles. The summed E-state index contributed by atoms with van der Waals surface area (Å²) < 4.78 is 5.25. The van der Waals surface area contributed by atoms with Crippen molar-refractivity contribution in [1.82, 2.24) is 9.80 Å². The average molecular weight is 270 g/mol. The number of hydrogen-bond donors (Lipinski definition) is 1. The van der Waals surface area contributed by atoms with Gasteiger partial charge in [-0.3, -0.25) is 9.69 Å². The molecule has 5 nitrogen and oxygen atoms in total. The van der Waals surface area contributed by atoms with Crippen LogP contribution in [0, 0.1) is 5.92 Å². The number of aliphatic hydroxyl groups excluding tert-OH is 1. The molecule has 19 heavy (non-hydrogen) atoms. The lowest BCUT2D eigenvalue weighted by Gasteiger charge is -2.32. The van der Waals surface area contributed by atoms with Gasteiger partial charge in [0.05, 0.1) is 25.9 Å². The number of amides is 1. The fourth-order valence-electron chi connectivity index (χ4n) is 3.01. The van der Waals surface area contributed by atoms with Crippen molar-refractivity contribution in [3.63, 3.8) is 0 Å². The highest BCUT2D eigenvalue weighted by Gasteiger charge is 2.25. The van der Waals surface area contributed by atoms with Crippen LogP contribution in [0.25, 0.3) is 0 Å². The number of carbonyl (C=O) groups is 1. The number of morpholine rings is 1. The van der Waals surface area contributed by atoms with Crippen molar-refractivity contribution in [1.29, 1.82) is 0 Å². The fraction of sp³-hybridized carbons (Fsp3) is 0.929. The van der Waals surface area contributed by atoms with E-state index in [1.54, 1.807) is 0 Å². The monoisotopic (exact) mass is 270 g/mol. The maximum Gasteiger partial charge on any atom is 0.236 e. The van der Waals surface area contributed by atoms with Crippen LogP contribution in [0.5, 0.6) is 0 Å². The van der Waals surface area contributed by atoms with E-state index in [9.17, 15) is 9.90 Å². The van der Waals surface area contributed by atoms with E-state index in [1.165, 1.54) is 6.42 Å². The first kappa shape index (κ1) is 14.8. The van der Waals surface area contributed by atoms with Gasteiger partial charge in [0.1, 0.15) is 0 Å². The Labute approximate surface area is 115 Å². The number of hydrogen-bond acceptors (Lipinski definition) is 4. The molecule has 2 atom stereocenters. The highest BCUT2D eigenvalue weighted by atomic mass is 16.5. The summed E-state index contributed by atoms with van der Waals surface area (Å²) in [5.74, 6) is 0.507. The van der Waals surface area contributed by atoms with Crippen molar-refractivity contribution in [2.75, 3.05) is 46.4 Å². The molecule has 1 N–H and O–H groups in total. The maximum atomic E-state index is 12.1. The predicted molar refractivity (Wildman–Crippen MR) is 72.9 cm³/mol. The predicted octanol–water partition coefficient (Wildman–Crippen LogP) is 0.328. The quantitative estimate of drug-likeness (QED) is 0.800. The van der Waals surface area contributed by atoms with Gasteiger partial charge in [0.25, 0.3) is 0 Å². The van der Waals surface area contributed by atoms with E-state index < -0.39 is 0 Å². The van der Waals surface area contributed by atoms with Crippen molar-refractivity contribution >= 4 is 5.91 Å². The van der Waals surface area contributed by atoms with Crippen LogP contribution < -0.4 is 0 Å². The van der Waals surface area contributed by atoms with E-state index in [4.69, 9.17) is 4.74 Å². The standard InChI is InChI=1S/C14H26N2O3/c1-15(10-12-4-2-3-5-13(12)17)11-14(18)16-6-8-19-9-7-16/h12-13,17H,2-11H2,1H3. The number of carbonyl (C=O) groups excluding carboxylic acids is 1. The van der Waals surface area contributed by atoms with Crippen LogP contribution in [0.1, 0.15) is 25.7 Å². The van der Waals surface area contributed by atoms with Crippen LogP contribution in [-0.2, 0) is 9.53 Å². The third-order valence-corrected chi connectivity index (χ3v) is 4.18. The summed E-state index contributed by atoms with van der Waals surface area (Å²) in [6.45, 7) is 3.98. The van der Waals surface area contributed by atoms with Crippen LogP contribution in [0.15, 0.2) is 0 Å². The molecule has 5 heteroatoms. The van der Waals surface area contributed by atoms with Crippen LogP contribution in [0.2, 0.25) is 0 Å². The van der Waals surface area contributed by atoms with Gasteiger partial charge in [-0.2, -0.15) is 0 Å². The number of ether oxygens (including phenoxy) is 1. The Kier molecular flexibility index (Phi) is 5.60. The number of likely N-dealkylation sites (N-methyl/N-ethyl adjacent to an activating group) is 1. The molecular formula is C14H26N2O3. The second-order valence-corrected chi connectivity index (χ2v) is 5.80. The second-order valence-electron chi connectivity index (χ2n) is 5.80. The molecule has 2 fully saturated rings. The summed E-state index contributed by atoms with van der Waals surface area (Å²) in [4.78, 5) is 16.0. The third-order valence-electron chi connectivity index (χ3n) is 4.18. The van der Waals surface area contributed by atoms with Gasteiger partial charge in [-0.25, -0.2) is 0 Å². The minimum atomic E-state index is -0.185. The molecule has 2 rings (SSSR count). The second kappa shape index (κ2) is 7.22. The lowest BCUT2D eigenvalue weighted by Crippen LogP contribution is -2.46. The van der Waals surface area contributed by atoms with Crippen molar-refractivity contribution in [3.05, 3.63) is 0 Å². The zero-order valence-corrected chi connectivity index (χ0v) is 11.9. The largest absolute Gasteiger partial charge is 0.393 e. The first-order valence-corrected chi connectivity index (χ1v) is 7.39. The minimum Gasteiger partial charge on any atom is -0.393 e. The third kappa shape index (κ3) is 4.44. The summed E-state index contributed by atoms with van der Waals surface area (Å²) in [7, 11) is 1.97. The number of nitrogens with zero attached hydrogens (tertiary/aromatic N) is 2. The molecule has 0 bridgehead atoms. The Morgan fingerprint density at radius 3 is 2.68 bits per heavy atom. The van der Waals surface area contributed by atoms with Crippen molar-refractivity contribution in [3.8, 4) is 0 Å². The Hall–Kier alpha value is -0.650. The molecule has 2 aliphatic rings. The molecule has 0 radical (unpaired) electrons. The van der Waals surface area contributed by atoms with Gasteiger partial charge in [-0.05, 0) is 25.8 Å². The van der Waals surface area contributed by atoms with Gasteiger partial charge in [0, 0.05) is 19.6 Å². The Bertz CT molecular complexity index is 292. The average Bonchev–Trinajstić information content (AvgIpc) is 2.42. The van der Waals surface area contributed by atoms with Crippen molar-refractivity contribution in [2.45, 2.75) is 31.8 Å². The van der Waals surface area contributed by atoms with Gasteiger partial charge in [-0.15, -0.1) is 0 Å². The first-order chi connectivity index (χ1) is 9.16. The van der Waals surface area contributed by atoms with E-state index in [0.717, 1.165) is 25.8 Å². The van der Waals surface area contributed by atoms with E-state index in [1.807, 2.05) is 11.9 Å². The molecule has 1 saturated carbocycles. The summed E-state index contributed by atoms with van der Waals surface area (Å²) in [6, 6.07) is 0. The normalized spacial score (nSPS) is 28.7. The SMILES string of the molecule is CN(CC(=O)N1CCOCC1)CC1CCCCC1O. The first-order valence-electron chi connectivity index (χ1n) is 7.39. The van der Waals surface area contributed by atoms with Crippen LogP contribution in [0.4, 0.5) is 0 Å². The molecule has 1 aliphatic carbocycles. The van der Waals surface area contributed by atoms with Gasteiger partial charge >= 0.3 is 0 Å². The molecular weight excluding hydrogens is 244 g/mol. The van der Waals surface area contributed by atoms with Gasteiger partial charge in [0.2, 0.25) is 5.91 Å². The van der Waals surface area contributed by atoms with E-state index >= 15 is 0 Å². The van der Waals surface area contributed by atoms with Crippen LogP contribution in [0.3, 0.4) is 0 Å². The topological polar surface area (TPSA) is 53.0 Å². The molecule has 1 aliphatic heterocycles. The molecule has 0 aromatic rings. The van der Waals surface area contributed by atoms with Crippen molar-refractivity contribution < 1.29 is 14.6 Å². The maximum absolute atomic E-state index is 12.1. The Morgan fingerprint density at radius 1 is 1.32 bits per heavy atom. The Balaban J connectivity index is 1.73. The summed E-state index contributed by atoms with van der Waals surface area (Å²) in [6.07, 6.45) is 4.14. The van der Waals surface area contributed by atoms with Gasteiger partial charge in [-0.1, -0.05) is 12.8 Å². The molecule has 0 spiro atoms. The molecule has 110 valence electrons. The lowest BCUT2D eigenvalue weighted by molar-refractivity contribution is -0.136. The molecule has 2 unspecified atom stereocenters. The van der Waals surface area contributed by atoms with Gasteiger partial charge < -0.3 is 14.7 Å². The highest BCUT2D eigenvalue weighted by Crippen LogP contribution is 2.24. The fourth-order valence-corrected chi connectivity index (χ4v) is 3.01. The lowest BCUT2D eigenvalue weighted by atomic mass is 9.86. The van der Waals surface area contributed by atoms with E-state index in [-0.39, 0.29) is 12.0 Å². The highest BCUT2D eigenvalue weighted by molar-refractivity contribution is 5.78. The number of rotatable bonds is 4. The summed E-state index contributed by atoms with van der Waals surface area (Å²) in [5.41, 5.74) is 0. The smallest absolute Gasteiger partial charge is 0.236 e. The van der Waals surface area contributed by atoms with Crippen LogP contribution >= 0.6 is 0 Å². The zero-order valence-electron chi connectivity index (χ0n) is 11.9.